The van der Waals surface area contributed by atoms with Gasteiger partial charge in [-0.2, -0.15) is 0 Å². The number of methoxy groups -OCH3 is 1. The predicted octanol–water partition coefficient (Wildman–Crippen LogP) is 3.39. The summed E-state index contributed by atoms with van der Waals surface area (Å²) in [4.78, 5) is 24.8. The largest absolute Gasteiger partial charge is 0.497 e. The Bertz CT molecular complexity index is 1010. The number of aryl methyl sites for hydroxylation is 1. The van der Waals surface area contributed by atoms with E-state index in [0.29, 0.717) is 0 Å². The van der Waals surface area contributed by atoms with Gasteiger partial charge in [-0.1, -0.05) is 30.3 Å². The molecule has 2 atom stereocenters. The van der Waals surface area contributed by atoms with Gasteiger partial charge in [-0.15, -0.1) is 0 Å². The molecule has 29 heavy (non-hydrogen) atoms. The van der Waals surface area contributed by atoms with E-state index >= 15 is 0 Å². The zero-order valence-electron chi connectivity index (χ0n) is 17.1. The Balaban J connectivity index is 2.21. The number of nitrogens with zero attached hydrogens (tertiary/aromatic N) is 1. The molecule has 0 saturated heterocycles. The van der Waals surface area contributed by atoms with Crippen molar-refractivity contribution in [1.29, 1.82) is 0 Å². The molecule has 2 aromatic carbocycles. The Labute approximate surface area is 170 Å². The van der Waals surface area contributed by atoms with E-state index in [0.717, 1.165) is 27.8 Å². The van der Waals surface area contributed by atoms with E-state index in [2.05, 4.69) is 5.32 Å². The van der Waals surface area contributed by atoms with Crippen LogP contribution in [0.2, 0.25) is 0 Å². The molecule has 0 spiro atoms. The fourth-order valence-corrected chi connectivity index (χ4v) is 3.71. The van der Waals surface area contributed by atoms with Gasteiger partial charge in [0.25, 0.3) is 0 Å². The van der Waals surface area contributed by atoms with Crippen LogP contribution in [0.4, 0.5) is 0 Å². The molecule has 3 aromatic rings. The molecule has 0 bridgehead atoms. The van der Waals surface area contributed by atoms with Gasteiger partial charge >= 0.3 is 5.97 Å². The van der Waals surface area contributed by atoms with Crippen LogP contribution in [0.3, 0.4) is 0 Å². The average Bonchev–Trinajstić information content (AvgIpc) is 3.04. The number of fused-ring (bicyclic) bond motifs is 1. The summed E-state index contributed by atoms with van der Waals surface area (Å²) in [5.41, 5.74) is 2.88. The number of nitrogens with one attached hydrogen (secondary N) is 1. The van der Waals surface area contributed by atoms with Crippen LogP contribution in [0.15, 0.2) is 54.7 Å². The Hall–Kier alpha value is -3.28. The molecule has 0 aliphatic carbocycles. The lowest BCUT2D eigenvalue weighted by Crippen LogP contribution is -2.45. The molecule has 6 nitrogen and oxygen atoms in total. The van der Waals surface area contributed by atoms with Crippen LogP contribution in [0.5, 0.6) is 5.75 Å². The quantitative estimate of drug-likeness (QED) is 0.624. The van der Waals surface area contributed by atoms with Crippen molar-refractivity contribution in [1.82, 2.24) is 9.88 Å². The monoisotopic (exact) mass is 394 g/mol. The number of benzene rings is 2. The van der Waals surface area contributed by atoms with Crippen molar-refractivity contribution in [2.75, 3.05) is 13.7 Å². The van der Waals surface area contributed by atoms with Gasteiger partial charge in [0.2, 0.25) is 5.91 Å². The first-order chi connectivity index (χ1) is 14.0. The number of amides is 1. The molecular weight excluding hydrogens is 368 g/mol. The van der Waals surface area contributed by atoms with Gasteiger partial charge in [-0.3, -0.25) is 4.79 Å². The topological polar surface area (TPSA) is 69.6 Å². The van der Waals surface area contributed by atoms with Crippen LogP contribution < -0.4 is 10.1 Å². The third kappa shape index (κ3) is 4.26. The molecule has 1 heterocycles. The molecule has 3 rings (SSSR count). The van der Waals surface area contributed by atoms with Gasteiger partial charge in [-0.25, -0.2) is 4.79 Å². The van der Waals surface area contributed by atoms with Crippen molar-refractivity contribution >= 4 is 22.8 Å². The van der Waals surface area contributed by atoms with E-state index in [9.17, 15) is 9.59 Å². The summed E-state index contributed by atoms with van der Waals surface area (Å²) < 4.78 is 12.6. The van der Waals surface area contributed by atoms with Crippen molar-refractivity contribution < 1.29 is 19.1 Å². The first-order valence-corrected chi connectivity index (χ1v) is 9.57. The highest BCUT2D eigenvalue weighted by atomic mass is 16.5. The molecule has 0 aliphatic heterocycles. The maximum absolute atomic E-state index is 12.9. The lowest BCUT2D eigenvalue weighted by atomic mass is 9.84. The molecule has 0 radical (unpaired) electrons. The Morgan fingerprint density at radius 1 is 1.10 bits per heavy atom. The summed E-state index contributed by atoms with van der Waals surface area (Å²) in [6.07, 6.45) is 2.01. The number of ether oxygens (including phenoxy) is 2. The molecule has 1 N–H and O–H groups in total. The predicted molar refractivity (Wildman–Crippen MR) is 112 cm³/mol. The van der Waals surface area contributed by atoms with Gasteiger partial charge in [0.05, 0.1) is 13.7 Å². The standard InChI is InChI=1S/C23H26N2O4/c1-5-29-23(27)22(24-15(2)26)21(16-10-12-17(28-4)13-11-16)19-14-25(3)20-9-7-6-8-18(19)20/h6-14,21-22H,5H2,1-4H3,(H,24,26). The summed E-state index contributed by atoms with van der Waals surface area (Å²) >= 11 is 0. The van der Waals surface area contributed by atoms with E-state index in [1.807, 2.05) is 66.3 Å². The maximum atomic E-state index is 12.9. The normalized spacial score (nSPS) is 13.0. The number of aromatic nitrogens is 1. The average molecular weight is 394 g/mol. The highest BCUT2D eigenvalue weighted by Gasteiger charge is 2.34. The third-order valence-corrected chi connectivity index (χ3v) is 4.97. The molecular formula is C23H26N2O4. The van der Waals surface area contributed by atoms with Gasteiger partial charge in [-0.05, 0) is 36.2 Å². The lowest BCUT2D eigenvalue weighted by Gasteiger charge is -2.27. The van der Waals surface area contributed by atoms with Crippen molar-refractivity contribution in [3.63, 3.8) is 0 Å². The van der Waals surface area contributed by atoms with Crippen LogP contribution in [-0.4, -0.2) is 36.2 Å². The SMILES string of the molecule is CCOC(=O)C(NC(C)=O)C(c1ccc(OC)cc1)c1cn(C)c2ccccc12. The molecule has 0 saturated carbocycles. The van der Waals surface area contributed by atoms with Crippen LogP contribution in [0, 0.1) is 0 Å². The van der Waals surface area contributed by atoms with E-state index in [-0.39, 0.29) is 12.5 Å². The number of carbonyl (C=O) groups excluding carboxylic acids is 2. The zero-order valence-corrected chi connectivity index (χ0v) is 17.1. The van der Waals surface area contributed by atoms with Crippen LogP contribution in [0.25, 0.3) is 10.9 Å². The number of carbonyl (C=O) groups is 2. The van der Waals surface area contributed by atoms with Gasteiger partial charge in [0.15, 0.2) is 0 Å². The number of para-hydroxylation sites is 1. The summed E-state index contributed by atoms with van der Waals surface area (Å²) in [5.74, 6) is -0.453. The van der Waals surface area contributed by atoms with Crippen LogP contribution in [0.1, 0.15) is 30.9 Å². The van der Waals surface area contributed by atoms with Gasteiger partial charge in [0, 0.05) is 37.0 Å². The molecule has 6 heteroatoms. The molecule has 0 fully saturated rings. The molecule has 0 aliphatic rings. The second-order valence-corrected chi connectivity index (χ2v) is 6.89. The fourth-order valence-electron chi connectivity index (χ4n) is 3.71. The van der Waals surface area contributed by atoms with Crippen molar-refractivity contribution in [3.05, 3.63) is 65.9 Å². The van der Waals surface area contributed by atoms with Crippen molar-refractivity contribution in [2.24, 2.45) is 7.05 Å². The van der Waals surface area contributed by atoms with Gasteiger partial charge in [0.1, 0.15) is 11.8 Å². The summed E-state index contributed by atoms with van der Waals surface area (Å²) in [6.45, 7) is 3.39. The number of hydrogen-bond acceptors (Lipinski definition) is 4. The van der Waals surface area contributed by atoms with Crippen LogP contribution >= 0.6 is 0 Å². The van der Waals surface area contributed by atoms with E-state index in [1.54, 1.807) is 14.0 Å². The molecule has 152 valence electrons. The first kappa shape index (κ1) is 20.5. The second-order valence-electron chi connectivity index (χ2n) is 6.89. The highest BCUT2D eigenvalue weighted by Crippen LogP contribution is 2.35. The number of rotatable bonds is 7. The zero-order chi connectivity index (χ0) is 21.0. The van der Waals surface area contributed by atoms with Crippen molar-refractivity contribution in [3.8, 4) is 5.75 Å². The van der Waals surface area contributed by atoms with Crippen LogP contribution in [-0.2, 0) is 21.4 Å². The lowest BCUT2D eigenvalue weighted by molar-refractivity contribution is -0.147. The Kier molecular flexibility index (Phi) is 6.22. The number of esters is 1. The van der Waals surface area contributed by atoms with E-state index < -0.39 is 17.9 Å². The molecule has 1 amide bonds. The summed E-state index contributed by atoms with van der Waals surface area (Å²) in [6, 6.07) is 14.7. The van der Waals surface area contributed by atoms with E-state index in [1.165, 1.54) is 6.92 Å². The first-order valence-electron chi connectivity index (χ1n) is 9.57. The second kappa shape index (κ2) is 8.82. The summed E-state index contributed by atoms with van der Waals surface area (Å²) in [7, 11) is 3.57. The van der Waals surface area contributed by atoms with E-state index in [4.69, 9.17) is 9.47 Å². The van der Waals surface area contributed by atoms with Crippen molar-refractivity contribution in [2.45, 2.75) is 25.8 Å². The van der Waals surface area contributed by atoms with Gasteiger partial charge < -0.3 is 19.4 Å². The minimum Gasteiger partial charge on any atom is -0.497 e. The fraction of sp³-hybridized carbons (Fsp3) is 0.304. The minimum absolute atomic E-state index is 0.236. The molecule has 1 aromatic heterocycles. The Morgan fingerprint density at radius 2 is 1.79 bits per heavy atom. The number of hydrogen-bond donors (Lipinski definition) is 1. The summed E-state index contributed by atoms with van der Waals surface area (Å²) in [5, 5.41) is 3.83. The smallest absolute Gasteiger partial charge is 0.329 e. The Morgan fingerprint density at radius 3 is 2.41 bits per heavy atom. The highest BCUT2D eigenvalue weighted by molar-refractivity contribution is 5.89. The maximum Gasteiger partial charge on any atom is 0.329 e. The molecule has 2 unspecified atom stereocenters. The third-order valence-electron chi connectivity index (χ3n) is 4.97. The minimum atomic E-state index is -0.855.